The summed E-state index contributed by atoms with van der Waals surface area (Å²) in [4.78, 5) is 12.2. The Labute approximate surface area is 157 Å². The summed E-state index contributed by atoms with van der Waals surface area (Å²) in [5.74, 6) is 2.44. The van der Waals surface area contributed by atoms with E-state index < -0.39 is 0 Å². The van der Waals surface area contributed by atoms with Gasteiger partial charge in [0, 0.05) is 31.6 Å². The van der Waals surface area contributed by atoms with E-state index in [0.29, 0.717) is 18.2 Å². The van der Waals surface area contributed by atoms with Crippen LogP contribution >= 0.6 is 11.8 Å². The highest BCUT2D eigenvalue weighted by molar-refractivity contribution is 7.99. The number of hydrogen-bond acceptors (Lipinski definition) is 6. The van der Waals surface area contributed by atoms with Crippen molar-refractivity contribution in [3.8, 4) is 5.75 Å². The SMILES string of the molecule is COc1ccccc1CNC(=O)CSc1nnc(C2CCCNC2)n1C. The molecule has 1 aromatic carbocycles. The van der Waals surface area contributed by atoms with E-state index >= 15 is 0 Å². The van der Waals surface area contributed by atoms with Crippen molar-refractivity contribution in [3.63, 3.8) is 0 Å². The van der Waals surface area contributed by atoms with Crippen molar-refractivity contribution < 1.29 is 9.53 Å². The number of nitrogens with one attached hydrogen (secondary N) is 2. The Hall–Kier alpha value is -2.06. The number of carbonyl (C=O) groups excluding carboxylic acids is 1. The fourth-order valence-electron chi connectivity index (χ4n) is 3.10. The number of piperidine rings is 1. The number of methoxy groups -OCH3 is 1. The molecule has 1 aromatic heterocycles. The molecule has 1 aliphatic rings. The predicted molar refractivity (Wildman–Crippen MR) is 101 cm³/mol. The van der Waals surface area contributed by atoms with Gasteiger partial charge in [-0.2, -0.15) is 0 Å². The maximum absolute atomic E-state index is 12.2. The Kier molecular flexibility index (Phi) is 6.51. The van der Waals surface area contributed by atoms with Gasteiger partial charge in [0.2, 0.25) is 5.91 Å². The molecule has 1 atom stereocenters. The fraction of sp³-hybridized carbons (Fsp3) is 0.500. The molecule has 0 bridgehead atoms. The van der Waals surface area contributed by atoms with E-state index in [1.54, 1.807) is 7.11 Å². The molecule has 0 spiro atoms. The third-order valence-corrected chi connectivity index (χ3v) is 5.55. The summed E-state index contributed by atoms with van der Waals surface area (Å²) in [6.07, 6.45) is 2.29. The molecule has 8 heteroatoms. The molecule has 2 N–H and O–H groups in total. The van der Waals surface area contributed by atoms with E-state index in [4.69, 9.17) is 4.74 Å². The molecular formula is C18H25N5O2S. The molecule has 1 saturated heterocycles. The van der Waals surface area contributed by atoms with Gasteiger partial charge in [0.15, 0.2) is 5.16 Å². The average molecular weight is 375 g/mol. The molecule has 0 saturated carbocycles. The zero-order chi connectivity index (χ0) is 18.4. The molecule has 1 unspecified atom stereocenters. The maximum atomic E-state index is 12.2. The van der Waals surface area contributed by atoms with Gasteiger partial charge in [0.25, 0.3) is 0 Å². The molecule has 26 heavy (non-hydrogen) atoms. The summed E-state index contributed by atoms with van der Waals surface area (Å²) in [5, 5.41) is 15.7. The van der Waals surface area contributed by atoms with E-state index in [1.165, 1.54) is 11.8 Å². The average Bonchev–Trinajstić information content (AvgIpc) is 3.06. The fourth-order valence-corrected chi connectivity index (χ4v) is 3.85. The highest BCUT2D eigenvalue weighted by atomic mass is 32.2. The monoisotopic (exact) mass is 375 g/mol. The van der Waals surface area contributed by atoms with Crippen LogP contribution in [-0.2, 0) is 18.4 Å². The first-order valence-corrected chi connectivity index (χ1v) is 9.79. The summed E-state index contributed by atoms with van der Waals surface area (Å²) in [6, 6.07) is 7.67. The Bertz CT molecular complexity index is 743. The number of nitrogens with zero attached hydrogens (tertiary/aromatic N) is 3. The van der Waals surface area contributed by atoms with Crippen molar-refractivity contribution in [3.05, 3.63) is 35.7 Å². The molecule has 0 aliphatic carbocycles. The van der Waals surface area contributed by atoms with Gasteiger partial charge in [0.1, 0.15) is 11.6 Å². The van der Waals surface area contributed by atoms with Gasteiger partial charge in [-0.05, 0) is 25.5 Å². The molecule has 1 amide bonds. The lowest BCUT2D eigenvalue weighted by atomic mass is 9.99. The minimum absolute atomic E-state index is 0.0372. The van der Waals surface area contributed by atoms with Gasteiger partial charge < -0.3 is 19.9 Å². The van der Waals surface area contributed by atoms with Crippen molar-refractivity contribution in [1.82, 2.24) is 25.4 Å². The zero-order valence-corrected chi connectivity index (χ0v) is 16.0. The lowest BCUT2D eigenvalue weighted by molar-refractivity contribution is -0.118. The minimum Gasteiger partial charge on any atom is -0.496 e. The van der Waals surface area contributed by atoms with Crippen LogP contribution in [0.5, 0.6) is 5.75 Å². The second-order valence-corrected chi connectivity index (χ2v) is 7.26. The van der Waals surface area contributed by atoms with E-state index in [9.17, 15) is 4.79 Å². The standard InChI is InChI=1S/C18H25N5O2S/c1-23-17(14-7-5-9-19-10-14)21-22-18(23)26-12-16(24)20-11-13-6-3-4-8-15(13)25-2/h3-4,6,8,14,19H,5,7,9-12H2,1-2H3,(H,20,24). The largest absolute Gasteiger partial charge is 0.496 e. The van der Waals surface area contributed by atoms with Crippen LogP contribution in [0.25, 0.3) is 0 Å². The Balaban J connectivity index is 1.51. The number of benzene rings is 1. The summed E-state index contributed by atoms with van der Waals surface area (Å²) in [5.41, 5.74) is 0.957. The van der Waals surface area contributed by atoms with Gasteiger partial charge in [-0.15, -0.1) is 10.2 Å². The lowest BCUT2D eigenvalue weighted by Gasteiger charge is -2.21. The molecule has 140 valence electrons. The third-order valence-electron chi connectivity index (χ3n) is 4.53. The van der Waals surface area contributed by atoms with Crippen LogP contribution in [-0.4, -0.2) is 46.6 Å². The molecule has 0 radical (unpaired) electrons. The maximum Gasteiger partial charge on any atom is 0.230 e. The summed E-state index contributed by atoms with van der Waals surface area (Å²) in [7, 11) is 3.60. The van der Waals surface area contributed by atoms with Crippen LogP contribution in [0.2, 0.25) is 0 Å². The van der Waals surface area contributed by atoms with Crippen LogP contribution in [0.1, 0.15) is 30.1 Å². The van der Waals surface area contributed by atoms with E-state index in [2.05, 4.69) is 20.8 Å². The van der Waals surface area contributed by atoms with Crippen molar-refractivity contribution in [2.75, 3.05) is 26.0 Å². The van der Waals surface area contributed by atoms with Crippen LogP contribution in [0.15, 0.2) is 29.4 Å². The second-order valence-electron chi connectivity index (χ2n) is 6.32. The Morgan fingerprint density at radius 3 is 3.04 bits per heavy atom. The number of ether oxygens (including phenoxy) is 1. The number of rotatable bonds is 7. The van der Waals surface area contributed by atoms with E-state index in [0.717, 1.165) is 48.2 Å². The molecule has 1 aliphatic heterocycles. The number of hydrogen-bond donors (Lipinski definition) is 2. The molecule has 2 heterocycles. The van der Waals surface area contributed by atoms with E-state index in [1.807, 2.05) is 35.9 Å². The van der Waals surface area contributed by atoms with Gasteiger partial charge in [0.05, 0.1) is 12.9 Å². The van der Waals surface area contributed by atoms with Crippen molar-refractivity contribution in [2.45, 2.75) is 30.5 Å². The predicted octanol–water partition coefficient (Wildman–Crippen LogP) is 1.70. The van der Waals surface area contributed by atoms with Gasteiger partial charge in [-0.1, -0.05) is 30.0 Å². The molecular weight excluding hydrogens is 350 g/mol. The number of amides is 1. The number of carbonyl (C=O) groups is 1. The van der Waals surface area contributed by atoms with Crippen LogP contribution in [0, 0.1) is 0 Å². The first-order chi connectivity index (χ1) is 12.7. The first kappa shape index (κ1) is 18.7. The molecule has 3 rings (SSSR count). The normalized spacial score (nSPS) is 17.1. The number of aromatic nitrogens is 3. The topological polar surface area (TPSA) is 81.1 Å². The molecule has 2 aromatic rings. The first-order valence-electron chi connectivity index (χ1n) is 8.80. The zero-order valence-electron chi connectivity index (χ0n) is 15.2. The van der Waals surface area contributed by atoms with Crippen LogP contribution in [0.4, 0.5) is 0 Å². The van der Waals surface area contributed by atoms with Crippen molar-refractivity contribution in [2.24, 2.45) is 7.05 Å². The summed E-state index contributed by atoms with van der Waals surface area (Å²) < 4.78 is 7.31. The molecule has 7 nitrogen and oxygen atoms in total. The lowest BCUT2D eigenvalue weighted by Crippen LogP contribution is -2.29. The highest BCUT2D eigenvalue weighted by Gasteiger charge is 2.22. The highest BCUT2D eigenvalue weighted by Crippen LogP contribution is 2.24. The van der Waals surface area contributed by atoms with Gasteiger partial charge >= 0.3 is 0 Å². The molecule has 1 fully saturated rings. The third kappa shape index (κ3) is 4.56. The number of thioether (sulfide) groups is 1. The van der Waals surface area contributed by atoms with Gasteiger partial charge in [-0.25, -0.2) is 0 Å². The van der Waals surface area contributed by atoms with Crippen LogP contribution < -0.4 is 15.4 Å². The second kappa shape index (κ2) is 9.05. The smallest absolute Gasteiger partial charge is 0.230 e. The quantitative estimate of drug-likeness (QED) is 0.717. The minimum atomic E-state index is -0.0372. The Morgan fingerprint density at radius 1 is 1.42 bits per heavy atom. The Morgan fingerprint density at radius 2 is 2.27 bits per heavy atom. The summed E-state index contributed by atoms with van der Waals surface area (Å²) in [6.45, 7) is 2.46. The van der Waals surface area contributed by atoms with E-state index in [-0.39, 0.29) is 5.91 Å². The van der Waals surface area contributed by atoms with Gasteiger partial charge in [-0.3, -0.25) is 4.79 Å². The number of para-hydroxylation sites is 1. The van der Waals surface area contributed by atoms with Crippen molar-refractivity contribution >= 4 is 17.7 Å². The van der Waals surface area contributed by atoms with Crippen LogP contribution in [0.3, 0.4) is 0 Å². The summed E-state index contributed by atoms with van der Waals surface area (Å²) >= 11 is 1.41. The van der Waals surface area contributed by atoms with Crippen molar-refractivity contribution in [1.29, 1.82) is 0 Å².